The van der Waals surface area contributed by atoms with E-state index >= 15 is 0 Å². The second-order valence-corrected chi connectivity index (χ2v) is 4.36. The molecule has 0 unspecified atom stereocenters. The van der Waals surface area contributed by atoms with Crippen LogP contribution in [0.2, 0.25) is 0 Å². The Morgan fingerprint density at radius 3 is 2.65 bits per heavy atom. The SMILES string of the molecule is C=C(C)CN(CC)c1nc(C)cc(C)c1C#N. The Balaban J connectivity index is 3.27. The molecule has 0 radical (unpaired) electrons. The van der Waals surface area contributed by atoms with Gasteiger partial charge in [-0.05, 0) is 39.3 Å². The third-order valence-corrected chi connectivity index (χ3v) is 2.58. The lowest BCUT2D eigenvalue weighted by Crippen LogP contribution is -2.26. The molecule has 90 valence electrons. The fourth-order valence-corrected chi connectivity index (χ4v) is 1.85. The van der Waals surface area contributed by atoms with Crippen LogP contribution in [-0.2, 0) is 0 Å². The molecule has 0 spiro atoms. The minimum Gasteiger partial charge on any atom is -0.352 e. The van der Waals surface area contributed by atoms with Crippen LogP contribution >= 0.6 is 0 Å². The summed E-state index contributed by atoms with van der Waals surface area (Å²) in [5.41, 5.74) is 3.65. The van der Waals surface area contributed by atoms with Gasteiger partial charge in [0.05, 0.1) is 5.56 Å². The number of pyridine rings is 1. The van der Waals surface area contributed by atoms with Crippen LogP contribution < -0.4 is 4.90 Å². The van der Waals surface area contributed by atoms with Gasteiger partial charge in [0.2, 0.25) is 0 Å². The number of likely N-dealkylation sites (N-methyl/N-ethyl adjacent to an activating group) is 1. The summed E-state index contributed by atoms with van der Waals surface area (Å²) in [6.45, 7) is 13.4. The minimum absolute atomic E-state index is 0.665. The van der Waals surface area contributed by atoms with Crippen LogP contribution in [0.15, 0.2) is 18.2 Å². The molecule has 0 aromatic carbocycles. The number of hydrogen-bond acceptors (Lipinski definition) is 3. The number of nitriles is 1. The maximum Gasteiger partial charge on any atom is 0.147 e. The van der Waals surface area contributed by atoms with Gasteiger partial charge in [0, 0.05) is 18.8 Å². The van der Waals surface area contributed by atoms with Crippen molar-refractivity contribution in [2.24, 2.45) is 0 Å². The van der Waals surface area contributed by atoms with E-state index in [1.165, 1.54) is 0 Å². The van der Waals surface area contributed by atoms with Crippen molar-refractivity contribution in [3.63, 3.8) is 0 Å². The molecule has 0 amide bonds. The summed E-state index contributed by atoms with van der Waals surface area (Å²) >= 11 is 0. The van der Waals surface area contributed by atoms with E-state index < -0.39 is 0 Å². The van der Waals surface area contributed by atoms with Gasteiger partial charge >= 0.3 is 0 Å². The molecule has 1 heterocycles. The Kier molecular flexibility index (Phi) is 4.28. The lowest BCUT2D eigenvalue weighted by molar-refractivity contribution is 0.851. The van der Waals surface area contributed by atoms with E-state index in [4.69, 9.17) is 0 Å². The summed E-state index contributed by atoms with van der Waals surface area (Å²) in [5, 5.41) is 9.23. The predicted molar refractivity (Wildman–Crippen MR) is 71.1 cm³/mol. The van der Waals surface area contributed by atoms with Gasteiger partial charge in [0.15, 0.2) is 0 Å². The standard InChI is InChI=1S/C14H19N3/c1-6-17(9-10(2)3)14-13(8-15)11(4)7-12(5)16-14/h7H,2,6,9H2,1,3-5H3. The quantitative estimate of drug-likeness (QED) is 0.745. The fraction of sp³-hybridized carbons (Fsp3) is 0.429. The molecule has 0 fully saturated rings. The van der Waals surface area contributed by atoms with Crippen LogP contribution in [0.4, 0.5) is 5.82 Å². The molecule has 1 aromatic rings. The lowest BCUT2D eigenvalue weighted by Gasteiger charge is -2.24. The first-order chi connectivity index (χ1) is 7.99. The van der Waals surface area contributed by atoms with Crippen LogP contribution in [0, 0.1) is 25.2 Å². The Hall–Kier alpha value is -1.82. The second kappa shape index (κ2) is 5.49. The van der Waals surface area contributed by atoms with Crippen molar-refractivity contribution in [2.75, 3.05) is 18.0 Å². The number of aromatic nitrogens is 1. The van der Waals surface area contributed by atoms with E-state index in [-0.39, 0.29) is 0 Å². The number of rotatable bonds is 4. The molecule has 0 saturated carbocycles. The van der Waals surface area contributed by atoms with E-state index in [9.17, 15) is 5.26 Å². The molecule has 0 atom stereocenters. The highest BCUT2D eigenvalue weighted by Crippen LogP contribution is 2.22. The van der Waals surface area contributed by atoms with Crippen LogP contribution in [0.5, 0.6) is 0 Å². The molecule has 0 aliphatic heterocycles. The van der Waals surface area contributed by atoms with Gasteiger partial charge in [0.1, 0.15) is 11.9 Å². The molecule has 0 N–H and O–H groups in total. The summed E-state index contributed by atoms with van der Waals surface area (Å²) < 4.78 is 0. The van der Waals surface area contributed by atoms with Gasteiger partial charge in [-0.25, -0.2) is 4.98 Å². The summed E-state index contributed by atoms with van der Waals surface area (Å²) in [6.07, 6.45) is 0. The Morgan fingerprint density at radius 2 is 2.18 bits per heavy atom. The molecular formula is C14H19N3. The molecule has 1 aromatic heterocycles. The Bertz CT molecular complexity index is 469. The van der Waals surface area contributed by atoms with Crippen LogP contribution in [-0.4, -0.2) is 18.1 Å². The average molecular weight is 229 g/mol. The first kappa shape index (κ1) is 13.2. The number of anilines is 1. The maximum atomic E-state index is 9.23. The van der Waals surface area contributed by atoms with Crippen molar-refractivity contribution >= 4 is 5.82 Å². The Morgan fingerprint density at radius 1 is 1.53 bits per heavy atom. The molecule has 3 nitrogen and oxygen atoms in total. The van der Waals surface area contributed by atoms with Gasteiger partial charge in [0.25, 0.3) is 0 Å². The molecule has 3 heteroatoms. The van der Waals surface area contributed by atoms with E-state index in [1.807, 2.05) is 26.8 Å². The zero-order valence-corrected chi connectivity index (χ0v) is 11.0. The highest BCUT2D eigenvalue weighted by molar-refractivity contribution is 5.58. The first-order valence-electron chi connectivity index (χ1n) is 5.77. The van der Waals surface area contributed by atoms with Crippen LogP contribution in [0.25, 0.3) is 0 Å². The zero-order chi connectivity index (χ0) is 13.0. The number of aryl methyl sites for hydroxylation is 2. The predicted octanol–water partition coefficient (Wildman–Crippen LogP) is 2.97. The normalized spacial score (nSPS) is 9.82. The summed E-state index contributed by atoms with van der Waals surface area (Å²) in [4.78, 5) is 6.58. The van der Waals surface area contributed by atoms with Crippen molar-refractivity contribution in [1.82, 2.24) is 4.98 Å². The van der Waals surface area contributed by atoms with Gasteiger partial charge in [-0.3, -0.25) is 0 Å². The molecule has 0 aliphatic rings. The number of hydrogen-bond donors (Lipinski definition) is 0. The molecule has 0 aliphatic carbocycles. The van der Waals surface area contributed by atoms with Gasteiger partial charge < -0.3 is 4.90 Å². The molecular weight excluding hydrogens is 210 g/mol. The van der Waals surface area contributed by atoms with Crippen molar-refractivity contribution in [3.05, 3.63) is 35.0 Å². The molecule has 17 heavy (non-hydrogen) atoms. The second-order valence-electron chi connectivity index (χ2n) is 4.36. The van der Waals surface area contributed by atoms with E-state index in [1.54, 1.807) is 0 Å². The highest BCUT2D eigenvalue weighted by atomic mass is 15.2. The maximum absolute atomic E-state index is 9.23. The average Bonchev–Trinajstić information content (AvgIpc) is 2.24. The molecule has 1 rings (SSSR count). The summed E-state index contributed by atoms with van der Waals surface area (Å²) in [5.74, 6) is 0.774. The van der Waals surface area contributed by atoms with Crippen molar-refractivity contribution in [1.29, 1.82) is 5.26 Å². The van der Waals surface area contributed by atoms with E-state index in [0.29, 0.717) is 5.56 Å². The van der Waals surface area contributed by atoms with Gasteiger partial charge in [-0.1, -0.05) is 12.2 Å². The Labute approximate surface area is 103 Å². The fourth-order valence-electron chi connectivity index (χ4n) is 1.85. The smallest absolute Gasteiger partial charge is 0.147 e. The number of nitrogens with zero attached hydrogens (tertiary/aromatic N) is 3. The van der Waals surface area contributed by atoms with Gasteiger partial charge in [-0.15, -0.1) is 0 Å². The van der Waals surface area contributed by atoms with Crippen LogP contribution in [0.3, 0.4) is 0 Å². The third kappa shape index (κ3) is 3.07. The summed E-state index contributed by atoms with van der Waals surface area (Å²) in [7, 11) is 0. The largest absolute Gasteiger partial charge is 0.352 e. The van der Waals surface area contributed by atoms with Crippen molar-refractivity contribution < 1.29 is 0 Å². The molecule has 0 bridgehead atoms. The first-order valence-corrected chi connectivity index (χ1v) is 5.77. The topological polar surface area (TPSA) is 39.9 Å². The van der Waals surface area contributed by atoms with Crippen molar-refractivity contribution in [2.45, 2.75) is 27.7 Å². The van der Waals surface area contributed by atoms with Crippen molar-refractivity contribution in [3.8, 4) is 6.07 Å². The van der Waals surface area contributed by atoms with Crippen LogP contribution in [0.1, 0.15) is 30.7 Å². The van der Waals surface area contributed by atoms with E-state index in [0.717, 1.165) is 35.7 Å². The minimum atomic E-state index is 0.665. The van der Waals surface area contributed by atoms with E-state index in [2.05, 4.69) is 29.5 Å². The highest BCUT2D eigenvalue weighted by Gasteiger charge is 2.14. The zero-order valence-electron chi connectivity index (χ0n) is 11.0. The monoisotopic (exact) mass is 229 g/mol. The third-order valence-electron chi connectivity index (χ3n) is 2.58. The molecule has 0 saturated heterocycles. The summed E-state index contributed by atoms with van der Waals surface area (Å²) in [6, 6.07) is 4.19. The lowest BCUT2D eigenvalue weighted by atomic mass is 10.1. The van der Waals surface area contributed by atoms with Gasteiger partial charge in [-0.2, -0.15) is 5.26 Å².